The molecule has 0 spiro atoms. The Morgan fingerprint density at radius 2 is 2.22 bits per heavy atom. The second-order valence-electron chi connectivity index (χ2n) is 4.13. The van der Waals surface area contributed by atoms with E-state index >= 15 is 0 Å². The maximum Gasteiger partial charge on any atom is 0.141 e. The molecule has 0 radical (unpaired) electrons. The van der Waals surface area contributed by atoms with Crippen LogP contribution in [0.15, 0.2) is 18.5 Å². The van der Waals surface area contributed by atoms with Crippen LogP contribution < -0.4 is 0 Å². The van der Waals surface area contributed by atoms with E-state index in [-0.39, 0.29) is 6.42 Å². The zero-order valence-corrected chi connectivity index (χ0v) is 10.8. The number of aryl methyl sites for hydroxylation is 2. The number of halogens is 2. The molecule has 0 fully saturated rings. The Kier molecular flexibility index (Phi) is 3.63. The van der Waals surface area contributed by atoms with Crippen molar-refractivity contribution in [2.24, 2.45) is 7.05 Å². The van der Waals surface area contributed by atoms with Crippen molar-refractivity contribution in [2.75, 3.05) is 0 Å². The van der Waals surface area contributed by atoms with Crippen molar-refractivity contribution in [3.63, 3.8) is 0 Å². The van der Waals surface area contributed by atoms with Gasteiger partial charge in [-0.15, -0.1) is 0 Å². The van der Waals surface area contributed by atoms with Crippen molar-refractivity contribution < 1.29 is 9.50 Å². The lowest BCUT2D eigenvalue weighted by atomic mass is 10.1. The van der Waals surface area contributed by atoms with E-state index in [9.17, 15) is 9.50 Å². The maximum absolute atomic E-state index is 13.0. The normalized spacial score (nSPS) is 12.7. The quantitative estimate of drug-likeness (QED) is 0.929. The predicted molar refractivity (Wildman–Crippen MR) is 65.8 cm³/mol. The van der Waals surface area contributed by atoms with Gasteiger partial charge in [0.25, 0.3) is 0 Å². The molecule has 0 aliphatic carbocycles. The summed E-state index contributed by atoms with van der Waals surface area (Å²) in [4.78, 5) is 3.71. The molecule has 2 rings (SSSR count). The molecule has 2 aromatic rings. The number of aliphatic hydroxyl groups is 1. The third-order valence-electron chi connectivity index (χ3n) is 2.76. The fraction of sp³-hybridized carbons (Fsp3) is 0.333. The minimum absolute atomic E-state index is 0.265. The summed E-state index contributed by atoms with van der Waals surface area (Å²) >= 11 is 6.09. The number of aromatic nitrogens is 3. The summed E-state index contributed by atoms with van der Waals surface area (Å²) in [5.74, 6) is -0.473. The number of rotatable bonds is 3. The topological polar surface area (TPSA) is 50.9 Å². The lowest BCUT2D eigenvalue weighted by Gasteiger charge is -2.11. The van der Waals surface area contributed by atoms with Gasteiger partial charge in [-0.1, -0.05) is 11.6 Å². The highest BCUT2D eigenvalue weighted by Gasteiger charge is 2.17. The summed E-state index contributed by atoms with van der Waals surface area (Å²) < 4.78 is 14.6. The van der Waals surface area contributed by atoms with Crippen LogP contribution in [0.3, 0.4) is 0 Å². The minimum Gasteiger partial charge on any atom is -0.388 e. The zero-order valence-electron chi connectivity index (χ0n) is 10.1. The predicted octanol–water partition coefficient (Wildman–Crippen LogP) is 2.19. The van der Waals surface area contributed by atoms with Gasteiger partial charge in [-0.2, -0.15) is 5.10 Å². The summed E-state index contributed by atoms with van der Waals surface area (Å²) in [6.45, 7) is 1.79. The molecule has 18 heavy (non-hydrogen) atoms. The van der Waals surface area contributed by atoms with Crippen LogP contribution in [0, 0.1) is 12.7 Å². The molecule has 0 saturated heterocycles. The van der Waals surface area contributed by atoms with Gasteiger partial charge in [0.15, 0.2) is 0 Å². The number of hydrogen-bond donors (Lipinski definition) is 1. The molecular formula is C12H13ClFN3O. The van der Waals surface area contributed by atoms with Crippen LogP contribution >= 0.6 is 11.6 Å². The number of pyridine rings is 1. The first-order valence-corrected chi connectivity index (χ1v) is 5.83. The largest absolute Gasteiger partial charge is 0.388 e. The van der Waals surface area contributed by atoms with E-state index in [1.165, 1.54) is 12.3 Å². The molecule has 2 aromatic heterocycles. The third-order valence-corrected chi connectivity index (χ3v) is 3.25. The Morgan fingerprint density at radius 3 is 2.78 bits per heavy atom. The molecule has 0 aliphatic rings. The van der Waals surface area contributed by atoms with Gasteiger partial charge in [0.05, 0.1) is 28.7 Å². The van der Waals surface area contributed by atoms with Crippen LogP contribution in [0.25, 0.3) is 0 Å². The SMILES string of the molecule is Cc1nn(C)c(CC(O)c2cncc(F)c2)c1Cl. The van der Waals surface area contributed by atoms with Crippen molar-refractivity contribution in [3.8, 4) is 0 Å². The van der Waals surface area contributed by atoms with Crippen molar-refractivity contribution >= 4 is 11.6 Å². The lowest BCUT2D eigenvalue weighted by molar-refractivity contribution is 0.175. The van der Waals surface area contributed by atoms with E-state index < -0.39 is 11.9 Å². The maximum atomic E-state index is 13.0. The van der Waals surface area contributed by atoms with Gasteiger partial charge >= 0.3 is 0 Å². The monoisotopic (exact) mass is 269 g/mol. The van der Waals surface area contributed by atoms with Crippen LogP contribution in [0.5, 0.6) is 0 Å². The minimum atomic E-state index is -0.861. The van der Waals surface area contributed by atoms with Crippen LogP contribution in [0.2, 0.25) is 5.02 Å². The highest BCUT2D eigenvalue weighted by Crippen LogP contribution is 2.25. The van der Waals surface area contributed by atoms with Crippen molar-refractivity contribution in [1.82, 2.24) is 14.8 Å². The second-order valence-corrected chi connectivity index (χ2v) is 4.50. The standard InChI is InChI=1S/C12H13ClFN3O/c1-7-12(13)10(17(2)16-7)4-11(18)8-3-9(14)6-15-5-8/h3,5-6,11,18H,4H2,1-2H3. The Bertz CT molecular complexity index is 570. The summed E-state index contributed by atoms with van der Waals surface area (Å²) in [6, 6.07) is 1.26. The van der Waals surface area contributed by atoms with Crippen LogP contribution in [0.1, 0.15) is 23.1 Å². The summed E-state index contributed by atoms with van der Waals surface area (Å²) in [7, 11) is 1.75. The number of aliphatic hydroxyl groups excluding tert-OH is 1. The fourth-order valence-corrected chi connectivity index (χ4v) is 2.05. The molecule has 0 aliphatic heterocycles. The summed E-state index contributed by atoms with van der Waals surface area (Å²) in [5, 5.41) is 14.7. The first kappa shape index (κ1) is 13.0. The number of hydrogen-bond acceptors (Lipinski definition) is 3. The van der Waals surface area contributed by atoms with Crippen LogP contribution in [-0.2, 0) is 13.5 Å². The molecule has 1 atom stereocenters. The van der Waals surface area contributed by atoms with E-state index in [4.69, 9.17) is 11.6 Å². The highest BCUT2D eigenvalue weighted by molar-refractivity contribution is 6.31. The molecule has 4 nitrogen and oxygen atoms in total. The van der Waals surface area contributed by atoms with E-state index in [1.807, 2.05) is 0 Å². The fourth-order valence-electron chi connectivity index (χ4n) is 1.81. The smallest absolute Gasteiger partial charge is 0.141 e. The van der Waals surface area contributed by atoms with Crippen molar-refractivity contribution in [3.05, 3.63) is 46.3 Å². The van der Waals surface area contributed by atoms with E-state index in [1.54, 1.807) is 18.7 Å². The summed E-state index contributed by atoms with van der Waals surface area (Å²) in [5.41, 5.74) is 1.84. The van der Waals surface area contributed by atoms with E-state index in [0.717, 1.165) is 6.20 Å². The van der Waals surface area contributed by atoms with Gasteiger partial charge < -0.3 is 5.11 Å². The Morgan fingerprint density at radius 1 is 1.50 bits per heavy atom. The van der Waals surface area contributed by atoms with Crippen molar-refractivity contribution in [2.45, 2.75) is 19.4 Å². The first-order valence-electron chi connectivity index (χ1n) is 5.45. The second kappa shape index (κ2) is 5.04. The molecular weight excluding hydrogens is 257 g/mol. The third kappa shape index (κ3) is 2.52. The lowest BCUT2D eigenvalue weighted by Crippen LogP contribution is -2.07. The molecule has 0 saturated carbocycles. The van der Waals surface area contributed by atoms with Crippen molar-refractivity contribution in [1.29, 1.82) is 0 Å². The molecule has 1 unspecified atom stereocenters. The Balaban J connectivity index is 2.24. The van der Waals surface area contributed by atoms with E-state index in [0.29, 0.717) is 22.0 Å². The molecule has 1 N–H and O–H groups in total. The molecule has 0 bridgehead atoms. The average molecular weight is 270 g/mol. The van der Waals surface area contributed by atoms with Crippen LogP contribution in [-0.4, -0.2) is 19.9 Å². The van der Waals surface area contributed by atoms with Gasteiger partial charge in [-0.3, -0.25) is 9.67 Å². The van der Waals surface area contributed by atoms with E-state index in [2.05, 4.69) is 10.1 Å². The molecule has 0 aromatic carbocycles. The molecule has 2 heterocycles. The molecule has 0 amide bonds. The van der Waals surface area contributed by atoms with Gasteiger partial charge in [-0.05, 0) is 13.0 Å². The first-order chi connectivity index (χ1) is 8.49. The van der Waals surface area contributed by atoms with Gasteiger partial charge in [0, 0.05) is 25.2 Å². The van der Waals surface area contributed by atoms with Gasteiger partial charge in [-0.25, -0.2) is 4.39 Å². The van der Waals surface area contributed by atoms with Gasteiger partial charge in [0.2, 0.25) is 0 Å². The Hall–Kier alpha value is -1.46. The molecule has 6 heteroatoms. The Labute approximate surface area is 109 Å². The van der Waals surface area contributed by atoms with Gasteiger partial charge in [0.1, 0.15) is 5.82 Å². The zero-order chi connectivity index (χ0) is 13.3. The molecule has 96 valence electrons. The van der Waals surface area contributed by atoms with Crippen LogP contribution in [0.4, 0.5) is 4.39 Å². The highest BCUT2D eigenvalue weighted by atomic mass is 35.5. The summed E-state index contributed by atoms with van der Waals surface area (Å²) in [6.07, 6.45) is 1.93. The number of nitrogens with zero attached hydrogens (tertiary/aromatic N) is 3. The average Bonchev–Trinajstić information content (AvgIpc) is 2.56.